The van der Waals surface area contributed by atoms with E-state index in [9.17, 15) is 13.2 Å². The summed E-state index contributed by atoms with van der Waals surface area (Å²) in [5, 5.41) is 4.95. The van der Waals surface area contributed by atoms with Gasteiger partial charge in [-0.1, -0.05) is 5.16 Å². The van der Waals surface area contributed by atoms with Gasteiger partial charge < -0.3 is 10.3 Å². The van der Waals surface area contributed by atoms with Gasteiger partial charge in [0, 0.05) is 5.38 Å². The van der Waals surface area contributed by atoms with Crippen LogP contribution in [0.2, 0.25) is 0 Å². The monoisotopic (exact) mass is 264 g/mol. The van der Waals surface area contributed by atoms with Crippen LogP contribution in [0, 0.1) is 0 Å². The molecule has 1 atom stereocenters. The third kappa shape index (κ3) is 2.44. The van der Waals surface area contributed by atoms with Gasteiger partial charge in [0.1, 0.15) is 10.7 Å². The molecule has 0 aromatic carbocycles. The first-order valence-electron chi connectivity index (χ1n) is 4.50. The summed E-state index contributed by atoms with van der Waals surface area (Å²) in [6, 6.07) is -0.293. The lowest BCUT2D eigenvalue weighted by atomic mass is 10.4. The van der Waals surface area contributed by atoms with Gasteiger partial charge >= 0.3 is 6.18 Å². The van der Waals surface area contributed by atoms with Crippen molar-refractivity contribution in [2.45, 2.75) is 19.1 Å². The zero-order valence-corrected chi connectivity index (χ0v) is 9.34. The number of aromatic nitrogens is 3. The normalized spacial score (nSPS) is 13.9. The van der Waals surface area contributed by atoms with Crippen LogP contribution in [-0.4, -0.2) is 15.1 Å². The van der Waals surface area contributed by atoms with Crippen molar-refractivity contribution in [2.24, 2.45) is 5.73 Å². The molecule has 5 nitrogen and oxygen atoms in total. The molecule has 2 aromatic heterocycles. The fourth-order valence-corrected chi connectivity index (χ4v) is 1.79. The zero-order chi connectivity index (χ0) is 12.6. The highest BCUT2D eigenvalue weighted by atomic mass is 32.1. The molecule has 2 rings (SSSR count). The van der Waals surface area contributed by atoms with Crippen LogP contribution in [0.1, 0.15) is 23.8 Å². The molecule has 0 spiro atoms. The largest absolute Gasteiger partial charge is 0.455 e. The van der Waals surface area contributed by atoms with E-state index >= 15 is 0 Å². The van der Waals surface area contributed by atoms with E-state index in [0.717, 1.165) is 0 Å². The maximum absolute atomic E-state index is 12.2. The van der Waals surface area contributed by atoms with Crippen molar-refractivity contribution >= 4 is 11.3 Å². The van der Waals surface area contributed by atoms with Gasteiger partial charge in [-0.15, -0.1) is 11.3 Å². The molecule has 2 N–H and O–H groups in total. The highest BCUT2D eigenvalue weighted by Crippen LogP contribution is 2.29. The Kier molecular flexibility index (Phi) is 2.87. The number of nitrogens with zero attached hydrogens (tertiary/aromatic N) is 3. The van der Waals surface area contributed by atoms with E-state index < -0.39 is 12.0 Å². The fraction of sp³-hybridized carbons (Fsp3) is 0.375. The molecule has 1 unspecified atom stereocenters. The second-order valence-corrected chi connectivity index (χ2v) is 4.17. The molecule has 0 saturated heterocycles. The molecule has 2 aromatic rings. The van der Waals surface area contributed by atoms with Gasteiger partial charge in [-0.3, -0.25) is 0 Å². The Balaban J connectivity index is 2.31. The maximum atomic E-state index is 12.2. The first-order chi connectivity index (χ1) is 7.88. The Labute approximate surface area is 97.5 Å². The van der Waals surface area contributed by atoms with Crippen molar-refractivity contribution in [1.29, 1.82) is 0 Å². The van der Waals surface area contributed by atoms with Crippen LogP contribution >= 0.6 is 11.3 Å². The second-order valence-electron chi connectivity index (χ2n) is 3.28. The van der Waals surface area contributed by atoms with Crippen molar-refractivity contribution in [3.63, 3.8) is 0 Å². The molecule has 0 aliphatic heterocycles. The fourth-order valence-electron chi connectivity index (χ4n) is 1.04. The van der Waals surface area contributed by atoms with E-state index in [1.165, 1.54) is 16.7 Å². The van der Waals surface area contributed by atoms with Crippen LogP contribution in [0.5, 0.6) is 0 Å². The molecule has 0 aliphatic rings. The van der Waals surface area contributed by atoms with E-state index in [0.29, 0.717) is 5.01 Å². The average Bonchev–Trinajstić information content (AvgIpc) is 2.85. The highest BCUT2D eigenvalue weighted by Gasteiger charge is 2.37. The van der Waals surface area contributed by atoms with Gasteiger partial charge in [0.05, 0.1) is 6.04 Å². The van der Waals surface area contributed by atoms with Crippen molar-refractivity contribution in [2.75, 3.05) is 0 Å². The first kappa shape index (κ1) is 12.0. The van der Waals surface area contributed by atoms with Crippen LogP contribution in [0.3, 0.4) is 0 Å². The number of alkyl halides is 3. The van der Waals surface area contributed by atoms with Crippen molar-refractivity contribution in [3.05, 3.63) is 16.2 Å². The Morgan fingerprint density at radius 1 is 1.41 bits per heavy atom. The van der Waals surface area contributed by atoms with E-state index in [2.05, 4.69) is 19.6 Å². The second kappa shape index (κ2) is 4.08. The summed E-state index contributed by atoms with van der Waals surface area (Å²) >= 11 is 1.22. The smallest absolute Gasteiger partial charge is 0.332 e. The summed E-state index contributed by atoms with van der Waals surface area (Å²) in [4.78, 5) is 7.23. The third-order valence-electron chi connectivity index (χ3n) is 1.81. The van der Waals surface area contributed by atoms with Crippen molar-refractivity contribution in [1.82, 2.24) is 15.1 Å². The van der Waals surface area contributed by atoms with E-state index in [-0.39, 0.29) is 17.6 Å². The molecule has 2 heterocycles. The number of thiazole rings is 1. The minimum atomic E-state index is -4.62. The minimum absolute atomic E-state index is 0.199. The molecule has 9 heteroatoms. The number of hydrogen-bond donors (Lipinski definition) is 1. The minimum Gasteiger partial charge on any atom is -0.332 e. The van der Waals surface area contributed by atoms with Gasteiger partial charge in [-0.2, -0.15) is 18.2 Å². The van der Waals surface area contributed by atoms with E-state index in [1.54, 1.807) is 6.92 Å². The number of hydrogen-bond acceptors (Lipinski definition) is 6. The molecule has 92 valence electrons. The van der Waals surface area contributed by atoms with Crippen LogP contribution in [0.25, 0.3) is 11.6 Å². The Morgan fingerprint density at radius 2 is 2.12 bits per heavy atom. The van der Waals surface area contributed by atoms with Crippen LogP contribution in [0.15, 0.2) is 9.90 Å². The lowest BCUT2D eigenvalue weighted by Crippen LogP contribution is -2.07. The van der Waals surface area contributed by atoms with Crippen LogP contribution in [0.4, 0.5) is 13.2 Å². The summed E-state index contributed by atoms with van der Waals surface area (Å²) in [6.07, 6.45) is -4.62. The van der Waals surface area contributed by atoms with Crippen molar-refractivity contribution < 1.29 is 17.7 Å². The molecule has 0 saturated carbocycles. The van der Waals surface area contributed by atoms with Crippen molar-refractivity contribution in [3.8, 4) is 11.6 Å². The molecular formula is C8H7F3N4OS. The van der Waals surface area contributed by atoms with Crippen LogP contribution in [-0.2, 0) is 6.18 Å². The quantitative estimate of drug-likeness (QED) is 0.899. The van der Waals surface area contributed by atoms with Gasteiger partial charge in [-0.05, 0) is 6.92 Å². The number of halogens is 3. The molecule has 17 heavy (non-hydrogen) atoms. The Hall–Kier alpha value is -1.48. The lowest BCUT2D eigenvalue weighted by Gasteiger charge is -1.96. The summed E-state index contributed by atoms with van der Waals surface area (Å²) in [6.45, 7) is 1.72. The van der Waals surface area contributed by atoms with Gasteiger partial charge in [0.15, 0.2) is 0 Å². The molecule has 0 aliphatic carbocycles. The average molecular weight is 264 g/mol. The van der Waals surface area contributed by atoms with Gasteiger partial charge in [0.2, 0.25) is 0 Å². The highest BCUT2D eigenvalue weighted by molar-refractivity contribution is 7.10. The topological polar surface area (TPSA) is 77.8 Å². The SMILES string of the molecule is CC(N)c1nc(-c2nc(C(F)(F)F)no2)cs1. The first-order valence-corrected chi connectivity index (χ1v) is 5.38. The number of nitrogens with two attached hydrogens (primary N) is 1. The molecule has 0 radical (unpaired) electrons. The Bertz CT molecular complexity index is 519. The van der Waals surface area contributed by atoms with Gasteiger partial charge in [0.25, 0.3) is 11.7 Å². The van der Waals surface area contributed by atoms with Gasteiger partial charge in [-0.25, -0.2) is 4.98 Å². The maximum Gasteiger partial charge on any atom is 0.455 e. The standard InChI is InChI=1S/C8H7F3N4OS/c1-3(12)6-13-4(2-17-6)5-14-7(15-16-5)8(9,10)11/h2-3H,12H2,1H3. The predicted octanol–water partition coefficient (Wildman–Crippen LogP) is 2.23. The zero-order valence-electron chi connectivity index (χ0n) is 8.52. The summed E-state index contributed by atoms with van der Waals surface area (Å²) in [5.74, 6) is -1.58. The molecule has 0 bridgehead atoms. The Morgan fingerprint density at radius 3 is 2.59 bits per heavy atom. The van der Waals surface area contributed by atoms with Crippen LogP contribution < -0.4 is 5.73 Å². The lowest BCUT2D eigenvalue weighted by molar-refractivity contribution is -0.146. The van der Waals surface area contributed by atoms with E-state index in [1.807, 2.05) is 0 Å². The number of rotatable bonds is 2. The summed E-state index contributed by atoms with van der Waals surface area (Å²) in [7, 11) is 0. The summed E-state index contributed by atoms with van der Waals surface area (Å²) in [5.41, 5.74) is 5.78. The third-order valence-corrected chi connectivity index (χ3v) is 2.86. The summed E-state index contributed by atoms with van der Waals surface area (Å²) < 4.78 is 41.2. The predicted molar refractivity (Wildman–Crippen MR) is 53.0 cm³/mol. The molecule has 0 amide bonds. The molecular weight excluding hydrogens is 257 g/mol. The molecule has 0 fully saturated rings. The van der Waals surface area contributed by atoms with E-state index in [4.69, 9.17) is 5.73 Å².